The minimum atomic E-state index is -0.296. The molecule has 3 aromatic rings. The average molecular weight is 353 g/mol. The Bertz CT molecular complexity index is 956. The molecule has 0 radical (unpaired) electrons. The van der Waals surface area contributed by atoms with E-state index in [9.17, 15) is 4.79 Å². The number of nitrogens with zero attached hydrogens (tertiary/aromatic N) is 3. The number of hydrogen-bond acceptors (Lipinski definition) is 4. The normalized spacial score (nSPS) is 10.6. The van der Waals surface area contributed by atoms with Gasteiger partial charge in [0.15, 0.2) is 0 Å². The zero-order valence-electron chi connectivity index (χ0n) is 14.2. The molecule has 0 fully saturated rings. The molecule has 6 heteroatoms. The summed E-state index contributed by atoms with van der Waals surface area (Å²) in [4.78, 5) is 25.1. The fraction of sp³-hybridized carbons (Fsp3) is 0.158. The van der Waals surface area contributed by atoms with Crippen molar-refractivity contribution in [3.8, 4) is 11.1 Å². The van der Waals surface area contributed by atoms with Gasteiger partial charge in [-0.05, 0) is 67.8 Å². The number of nitrogens with one attached hydrogen (secondary N) is 1. The maximum atomic E-state index is 12.6. The Morgan fingerprint density at radius 2 is 1.84 bits per heavy atom. The molecular weight excluding hydrogens is 336 g/mol. The molecule has 0 saturated carbocycles. The van der Waals surface area contributed by atoms with E-state index in [4.69, 9.17) is 11.6 Å². The molecule has 25 heavy (non-hydrogen) atoms. The summed E-state index contributed by atoms with van der Waals surface area (Å²) < 4.78 is 0. The number of rotatable bonds is 3. The molecule has 0 spiro atoms. The van der Waals surface area contributed by atoms with Gasteiger partial charge in [0.05, 0.1) is 0 Å². The monoisotopic (exact) mass is 352 g/mol. The number of anilines is 1. The second-order valence-electron chi connectivity index (χ2n) is 5.84. The second kappa shape index (κ2) is 6.99. The first-order chi connectivity index (χ1) is 11.9. The zero-order valence-corrected chi connectivity index (χ0v) is 14.9. The molecule has 3 rings (SSSR count). The van der Waals surface area contributed by atoms with Crippen LogP contribution in [0.1, 0.15) is 27.4 Å². The van der Waals surface area contributed by atoms with Crippen molar-refractivity contribution in [2.75, 3.05) is 5.32 Å². The van der Waals surface area contributed by atoms with E-state index in [0.29, 0.717) is 16.5 Å². The van der Waals surface area contributed by atoms with Gasteiger partial charge < -0.3 is 5.32 Å². The summed E-state index contributed by atoms with van der Waals surface area (Å²) in [5.74, 6) is -0.296. The Labute approximate surface area is 151 Å². The highest BCUT2D eigenvalue weighted by molar-refractivity contribution is 6.29. The minimum absolute atomic E-state index is 0.296. The van der Waals surface area contributed by atoms with Crippen molar-refractivity contribution < 1.29 is 4.79 Å². The summed E-state index contributed by atoms with van der Waals surface area (Å²) in [6.45, 7) is 5.81. The van der Waals surface area contributed by atoms with Gasteiger partial charge in [-0.1, -0.05) is 11.6 Å². The fourth-order valence-corrected chi connectivity index (χ4v) is 2.73. The van der Waals surface area contributed by atoms with E-state index in [1.807, 2.05) is 39.1 Å². The number of aryl methyl sites for hydroxylation is 3. The highest BCUT2D eigenvalue weighted by atomic mass is 35.5. The van der Waals surface area contributed by atoms with Crippen molar-refractivity contribution >= 4 is 23.2 Å². The highest BCUT2D eigenvalue weighted by Gasteiger charge is 2.12. The molecule has 126 valence electrons. The highest BCUT2D eigenvalue weighted by Crippen LogP contribution is 2.25. The molecule has 3 heterocycles. The zero-order chi connectivity index (χ0) is 18.0. The maximum absolute atomic E-state index is 12.6. The van der Waals surface area contributed by atoms with Crippen LogP contribution >= 0.6 is 11.6 Å². The predicted molar refractivity (Wildman–Crippen MR) is 98.9 cm³/mol. The van der Waals surface area contributed by atoms with Gasteiger partial charge in [0.2, 0.25) is 0 Å². The first-order valence-electron chi connectivity index (χ1n) is 7.77. The number of pyridine rings is 3. The van der Waals surface area contributed by atoms with E-state index in [-0.39, 0.29) is 5.91 Å². The number of halogens is 1. The number of carbonyl (C=O) groups excluding carboxylic acids is 1. The molecule has 0 aliphatic carbocycles. The molecule has 1 N–H and O–H groups in total. The van der Waals surface area contributed by atoms with E-state index >= 15 is 0 Å². The van der Waals surface area contributed by atoms with Crippen molar-refractivity contribution in [3.63, 3.8) is 0 Å². The van der Waals surface area contributed by atoms with Crippen molar-refractivity contribution in [1.82, 2.24) is 15.0 Å². The summed E-state index contributed by atoms with van der Waals surface area (Å²) in [7, 11) is 0. The standard InChI is InChI=1S/C19H17ClN4O/c1-11-10-22-12(2)7-16(11)14-6-13(3)23-17(8-14)19(25)24-15-4-5-21-18(20)9-15/h4-10H,1-3H3,(H,21,24,25). The van der Waals surface area contributed by atoms with Gasteiger partial charge in [0.25, 0.3) is 5.91 Å². The van der Waals surface area contributed by atoms with Crippen LogP contribution in [0.4, 0.5) is 5.69 Å². The number of aromatic nitrogens is 3. The fourth-order valence-electron chi connectivity index (χ4n) is 2.55. The molecule has 0 atom stereocenters. The predicted octanol–water partition coefficient (Wildman–Crippen LogP) is 4.37. The van der Waals surface area contributed by atoms with Crippen LogP contribution in [0.3, 0.4) is 0 Å². The SMILES string of the molecule is Cc1cc(-c2cc(C)nc(C(=O)Nc3ccnc(Cl)c3)c2)c(C)cn1. The molecular formula is C19H17ClN4O. The van der Waals surface area contributed by atoms with E-state index in [2.05, 4.69) is 20.3 Å². The Hall–Kier alpha value is -2.79. The maximum Gasteiger partial charge on any atom is 0.274 e. The lowest BCUT2D eigenvalue weighted by Crippen LogP contribution is -2.14. The summed E-state index contributed by atoms with van der Waals surface area (Å²) in [6, 6.07) is 9.02. The van der Waals surface area contributed by atoms with E-state index < -0.39 is 0 Å². The minimum Gasteiger partial charge on any atom is -0.320 e. The molecule has 0 aromatic carbocycles. The van der Waals surface area contributed by atoms with Crippen molar-refractivity contribution in [2.24, 2.45) is 0 Å². The van der Waals surface area contributed by atoms with Crippen LogP contribution in [-0.2, 0) is 0 Å². The Balaban J connectivity index is 1.96. The van der Waals surface area contributed by atoms with Gasteiger partial charge in [-0.25, -0.2) is 9.97 Å². The molecule has 0 aliphatic heterocycles. The second-order valence-corrected chi connectivity index (χ2v) is 6.23. The Morgan fingerprint density at radius 3 is 2.60 bits per heavy atom. The van der Waals surface area contributed by atoms with Crippen LogP contribution in [0, 0.1) is 20.8 Å². The third-order valence-electron chi connectivity index (χ3n) is 3.72. The Kier molecular flexibility index (Phi) is 4.76. The van der Waals surface area contributed by atoms with Gasteiger partial charge in [0.1, 0.15) is 10.8 Å². The number of hydrogen-bond donors (Lipinski definition) is 1. The summed E-state index contributed by atoms with van der Waals surface area (Å²) in [5.41, 5.74) is 5.63. The van der Waals surface area contributed by atoms with E-state index in [1.165, 1.54) is 6.20 Å². The van der Waals surface area contributed by atoms with Crippen LogP contribution in [0.15, 0.2) is 42.7 Å². The summed E-state index contributed by atoms with van der Waals surface area (Å²) >= 11 is 5.85. The van der Waals surface area contributed by atoms with Crippen molar-refractivity contribution in [2.45, 2.75) is 20.8 Å². The lowest BCUT2D eigenvalue weighted by atomic mass is 10.0. The quantitative estimate of drug-likeness (QED) is 0.711. The summed E-state index contributed by atoms with van der Waals surface area (Å²) in [5, 5.41) is 3.11. The van der Waals surface area contributed by atoms with E-state index in [0.717, 1.165) is 28.1 Å². The van der Waals surface area contributed by atoms with Crippen LogP contribution < -0.4 is 5.32 Å². The molecule has 0 bridgehead atoms. The molecule has 3 aromatic heterocycles. The lowest BCUT2D eigenvalue weighted by molar-refractivity contribution is 0.102. The van der Waals surface area contributed by atoms with Crippen LogP contribution in [0.25, 0.3) is 11.1 Å². The molecule has 0 unspecified atom stereocenters. The van der Waals surface area contributed by atoms with Gasteiger partial charge >= 0.3 is 0 Å². The smallest absolute Gasteiger partial charge is 0.274 e. The van der Waals surface area contributed by atoms with Crippen LogP contribution in [0.2, 0.25) is 5.15 Å². The third kappa shape index (κ3) is 4.00. The van der Waals surface area contributed by atoms with Crippen LogP contribution in [-0.4, -0.2) is 20.9 Å². The van der Waals surface area contributed by atoms with E-state index in [1.54, 1.807) is 18.2 Å². The lowest BCUT2D eigenvalue weighted by Gasteiger charge is -2.10. The third-order valence-corrected chi connectivity index (χ3v) is 3.93. The molecule has 5 nitrogen and oxygen atoms in total. The number of carbonyl (C=O) groups is 1. The average Bonchev–Trinajstić information content (AvgIpc) is 2.56. The Morgan fingerprint density at radius 1 is 1.04 bits per heavy atom. The largest absolute Gasteiger partial charge is 0.320 e. The van der Waals surface area contributed by atoms with Gasteiger partial charge in [-0.2, -0.15) is 0 Å². The molecule has 1 amide bonds. The topological polar surface area (TPSA) is 67.8 Å². The molecule has 0 saturated heterocycles. The van der Waals surface area contributed by atoms with Crippen molar-refractivity contribution in [3.05, 3.63) is 70.5 Å². The first kappa shape index (κ1) is 17.0. The first-order valence-corrected chi connectivity index (χ1v) is 8.15. The van der Waals surface area contributed by atoms with Gasteiger partial charge in [-0.15, -0.1) is 0 Å². The number of amides is 1. The van der Waals surface area contributed by atoms with Crippen molar-refractivity contribution in [1.29, 1.82) is 0 Å². The van der Waals surface area contributed by atoms with Gasteiger partial charge in [-0.3, -0.25) is 9.78 Å². The summed E-state index contributed by atoms with van der Waals surface area (Å²) in [6.07, 6.45) is 3.37. The van der Waals surface area contributed by atoms with Crippen LogP contribution in [0.5, 0.6) is 0 Å². The van der Waals surface area contributed by atoms with Gasteiger partial charge in [0, 0.05) is 29.5 Å². The molecule has 0 aliphatic rings.